The molecule has 0 unspecified atom stereocenters. The predicted octanol–water partition coefficient (Wildman–Crippen LogP) is 3.13. The molecule has 6 heteroatoms. The van der Waals surface area contributed by atoms with Gasteiger partial charge in [-0.25, -0.2) is 8.42 Å². The number of methoxy groups -OCH3 is 1. The highest BCUT2D eigenvalue weighted by Crippen LogP contribution is 2.21. The lowest BCUT2D eigenvalue weighted by atomic mass is 10.1. The number of ether oxygens (including phenoxy) is 2. The van der Waals surface area contributed by atoms with E-state index in [9.17, 15) is 8.42 Å². The molecule has 2 aromatic carbocycles. The minimum absolute atomic E-state index is 0.0760. The van der Waals surface area contributed by atoms with Crippen LogP contribution in [0.3, 0.4) is 0 Å². The monoisotopic (exact) mass is 335 g/mol. The van der Waals surface area contributed by atoms with E-state index in [1.54, 1.807) is 31.4 Å². The second-order valence-corrected chi connectivity index (χ2v) is 7.05. The van der Waals surface area contributed by atoms with Crippen LogP contribution >= 0.6 is 0 Å². The molecule has 0 aliphatic carbocycles. The van der Waals surface area contributed by atoms with Crippen LogP contribution in [-0.2, 0) is 10.0 Å². The number of benzene rings is 2. The van der Waals surface area contributed by atoms with Crippen molar-refractivity contribution < 1.29 is 17.9 Å². The van der Waals surface area contributed by atoms with Gasteiger partial charge < -0.3 is 9.47 Å². The smallest absolute Gasteiger partial charge is 0.236 e. The summed E-state index contributed by atoms with van der Waals surface area (Å²) in [6, 6.07) is 12.7. The minimum Gasteiger partial charge on any atom is -0.497 e. The molecule has 23 heavy (non-hydrogen) atoms. The first-order valence-corrected chi connectivity index (χ1v) is 8.90. The Morgan fingerprint density at radius 1 is 0.957 bits per heavy atom. The molecule has 0 heterocycles. The van der Waals surface area contributed by atoms with Gasteiger partial charge in [0.05, 0.1) is 12.8 Å². The maximum Gasteiger partial charge on any atom is 0.236 e. The first-order valence-electron chi connectivity index (χ1n) is 7.25. The third-order valence-corrected chi connectivity index (χ3v) is 4.64. The van der Waals surface area contributed by atoms with Gasteiger partial charge in [-0.2, -0.15) is 0 Å². The molecule has 0 atom stereocenters. The highest BCUT2D eigenvalue weighted by Gasteiger charge is 2.13. The van der Waals surface area contributed by atoms with Crippen LogP contribution in [0.15, 0.2) is 42.5 Å². The molecule has 0 saturated heterocycles. The third-order valence-electron chi connectivity index (χ3n) is 3.42. The van der Waals surface area contributed by atoms with E-state index in [-0.39, 0.29) is 12.4 Å². The van der Waals surface area contributed by atoms with Gasteiger partial charge in [0.1, 0.15) is 23.9 Å². The standard InChI is InChI=1S/C17H21NO4S/c1-13-5-4-6-14(2)17(13)18-23(19,20)12-11-22-16-9-7-15(21-3)8-10-16/h4-10,18H,11-12H2,1-3H3. The Hall–Kier alpha value is -2.21. The minimum atomic E-state index is -3.46. The van der Waals surface area contributed by atoms with Crippen LogP contribution in [-0.4, -0.2) is 27.9 Å². The zero-order chi connectivity index (χ0) is 16.9. The van der Waals surface area contributed by atoms with Gasteiger partial charge in [0.25, 0.3) is 0 Å². The van der Waals surface area contributed by atoms with Gasteiger partial charge in [-0.15, -0.1) is 0 Å². The van der Waals surface area contributed by atoms with Crippen molar-refractivity contribution in [3.8, 4) is 11.5 Å². The lowest BCUT2D eigenvalue weighted by molar-refractivity contribution is 0.340. The largest absolute Gasteiger partial charge is 0.497 e. The number of para-hydroxylation sites is 1. The summed E-state index contributed by atoms with van der Waals surface area (Å²) >= 11 is 0. The van der Waals surface area contributed by atoms with E-state index in [2.05, 4.69) is 4.72 Å². The zero-order valence-electron chi connectivity index (χ0n) is 13.5. The van der Waals surface area contributed by atoms with Gasteiger partial charge in [0.15, 0.2) is 0 Å². The molecular weight excluding hydrogens is 314 g/mol. The van der Waals surface area contributed by atoms with Crippen molar-refractivity contribution in [3.63, 3.8) is 0 Å². The summed E-state index contributed by atoms with van der Waals surface area (Å²) in [4.78, 5) is 0. The number of hydrogen-bond acceptors (Lipinski definition) is 4. The van der Waals surface area contributed by atoms with E-state index in [1.165, 1.54) is 0 Å². The van der Waals surface area contributed by atoms with Crippen LogP contribution < -0.4 is 14.2 Å². The molecule has 0 saturated carbocycles. The molecule has 0 radical (unpaired) electrons. The Bertz CT molecular complexity index is 734. The van der Waals surface area contributed by atoms with E-state index in [4.69, 9.17) is 9.47 Å². The fourth-order valence-corrected chi connectivity index (χ4v) is 3.16. The van der Waals surface area contributed by atoms with Gasteiger partial charge >= 0.3 is 0 Å². The van der Waals surface area contributed by atoms with E-state index < -0.39 is 10.0 Å². The van der Waals surface area contributed by atoms with Gasteiger partial charge in [0.2, 0.25) is 10.0 Å². The average Bonchev–Trinajstić information content (AvgIpc) is 2.52. The first-order chi connectivity index (χ1) is 10.9. The quantitative estimate of drug-likeness (QED) is 0.844. The van der Waals surface area contributed by atoms with Crippen molar-refractivity contribution in [1.29, 1.82) is 0 Å². The number of rotatable bonds is 7. The average molecular weight is 335 g/mol. The van der Waals surface area contributed by atoms with Crippen molar-refractivity contribution in [2.75, 3.05) is 24.2 Å². The first kappa shape index (κ1) is 17.1. The van der Waals surface area contributed by atoms with E-state index in [1.807, 2.05) is 32.0 Å². The summed E-state index contributed by atoms with van der Waals surface area (Å²) in [6.07, 6.45) is 0. The summed E-state index contributed by atoms with van der Waals surface area (Å²) in [7, 11) is -1.88. The molecule has 2 aromatic rings. The number of nitrogens with one attached hydrogen (secondary N) is 1. The van der Waals surface area contributed by atoms with Gasteiger partial charge in [0, 0.05) is 0 Å². The highest BCUT2D eigenvalue weighted by molar-refractivity contribution is 7.92. The van der Waals surface area contributed by atoms with Crippen LogP contribution in [0.1, 0.15) is 11.1 Å². The molecule has 0 aromatic heterocycles. The van der Waals surface area contributed by atoms with E-state index in [0.29, 0.717) is 11.4 Å². The Morgan fingerprint density at radius 2 is 1.52 bits per heavy atom. The number of hydrogen-bond donors (Lipinski definition) is 1. The maximum atomic E-state index is 12.2. The van der Waals surface area contributed by atoms with Gasteiger partial charge in [-0.3, -0.25) is 4.72 Å². The molecule has 0 spiro atoms. The summed E-state index contributed by atoms with van der Waals surface area (Å²) < 4.78 is 37.5. The molecule has 124 valence electrons. The number of sulfonamides is 1. The summed E-state index contributed by atoms with van der Waals surface area (Å²) in [5.41, 5.74) is 2.42. The van der Waals surface area contributed by atoms with Crippen molar-refractivity contribution in [1.82, 2.24) is 0 Å². The second kappa shape index (κ2) is 7.37. The number of aryl methyl sites for hydroxylation is 2. The lowest BCUT2D eigenvalue weighted by Crippen LogP contribution is -2.22. The summed E-state index contributed by atoms with van der Waals surface area (Å²) in [5, 5.41) is 0. The summed E-state index contributed by atoms with van der Waals surface area (Å²) in [6.45, 7) is 3.82. The van der Waals surface area contributed by atoms with Crippen molar-refractivity contribution in [3.05, 3.63) is 53.6 Å². The summed E-state index contributed by atoms with van der Waals surface area (Å²) in [5.74, 6) is 1.21. The van der Waals surface area contributed by atoms with Crippen LogP contribution in [0.5, 0.6) is 11.5 Å². The van der Waals surface area contributed by atoms with Crippen LogP contribution in [0, 0.1) is 13.8 Å². The molecule has 0 amide bonds. The molecule has 0 bridgehead atoms. The van der Waals surface area contributed by atoms with Crippen molar-refractivity contribution in [2.24, 2.45) is 0 Å². The lowest BCUT2D eigenvalue weighted by Gasteiger charge is -2.13. The van der Waals surface area contributed by atoms with Crippen molar-refractivity contribution >= 4 is 15.7 Å². The molecular formula is C17H21NO4S. The SMILES string of the molecule is COc1ccc(OCCS(=O)(=O)Nc2c(C)cccc2C)cc1. The molecule has 0 fully saturated rings. The Balaban J connectivity index is 1.93. The molecule has 5 nitrogen and oxygen atoms in total. The van der Waals surface area contributed by atoms with Gasteiger partial charge in [-0.05, 0) is 49.2 Å². The fourth-order valence-electron chi connectivity index (χ4n) is 2.12. The Labute approximate surface area is 137 Å². The van der Waals surface area contributed by atoms with E-state index in [0.717, 1.165) is 16.9 Å². The Morgan fingerprint density at radius 3 is 2.09 bits per heavy atom. The Kier molecular flexibility index (Phi) is 5.50. The molecule has 0 aliphatic heterocycles. The number of anilines is 1. The normalized spacial score (nSPS) is 11.1. The fraction of sp³-hybridized carbons (Fsp3) is 0.294. The maximum absolute atomic E-state index is 12.2. The third kappa shape index (κ3) is 4.89. The van der Waals surface area contributed by atoms with Crippen LogP contribution in [0.2, 0.25) is 0 Å². The molecule has 0 aliphatic rings. The molecule has 1 N–H and O–H groups in total. The van der Waals surface area contributed by atoms with Crippen molar-refractivity contribution in [2.45, 2.75) is 13.8 Å². The van der Waals surface area contributed by atoms with Crippen LogP contribution in [0.4, 0.5) is 5.69 Å². The van der Waals surface area contributed by atoms with E-state index >= 15 is 0 Å². The molecule has 2 rings (SSSR count). The predicted molar refractivity (Wildman–Crippen MR) is 91.8 cm³/mol. The van der Waals surface area contributed by atoms with Gasteiger partial charge in [-0.1, -0.05) is 18.2 Å². The second-order valence-electron chi connectivity index (χ2n) is 5.21. The highest BCUT2D eigenvalue weighted by atomic mass is 32.2. The zero-order valence-corrected chi connectivity index (χ0v) is 14.3. The topological polar surface area (TPSA) is 64.6 Å². The van der Waals surface area contributed by atoms with Crippen LogP contribution in [0.25, 0.3) is 0 Å².